The Kier molecular flexibility index (Phi) is 5.89. The minimum Gasteiger partial charge on any atom is -0.378 e. The Hall–Kier alpha value is -1.74. The number of benzene rings is 2. The third kappa shape index (κ3) is 4.17. The van der Waals surface area contributed by atoms with E-state index < -0.39 is 17.9 Å². The molecule has 23 heavy (non-hydrogen) atoms. The Bertz CT molecular complexity index is 542. The highest BCUT2D eigenvalue weighted by Gasteiger charge is 2.37. The van der Waals surface area contributed by atoms with Crippen molar-refractivity contribution in [1.29, 1.82) is 0 Å². The van der Waals surface area contributed by atoms with Crippen LogP contribution in [0.1, 0.15) is 37.3 Å². The molecule has 0 unspecified atom stereocenters. The second-order valence-electron chi connectivity index (χ2n) is 5.96. The third-order valence-corrected chi connectivity index (χ3v) is 4.53. The van der Waals surface area contributed by atoms with Gasteiger partial charge in [-0.1, -0.05) is 67.6 Å². The molecule has 0 atom stereocenters. The molecular formula is C20H24F2O. The van der Waals surface area contributed by atoms with Gasteiger partial charge in [-0.2, -0.15) is 0 Å². The molecule has 0 radical (unpaired) electrons. The second-order valence-corrected chi connectivity index (χ2v) is 5.96. The van der Waals surface area contributed by atoms with Gasteiger partial charge >= 0.3 is 0 Å². The fourth-order valence-electron chi connectivity index (χ4n) is 3.23. The molecule has 0 bridgehead atoms. The highest BCUT2D eigenvalue weighted by molar-refractivity contribution is 5.39. The van der Waals surface area contributed by atoms with E-state index in [1.54, 1.807) is 0 Å². The first-order chi connectivity index (χ1) is 11.0. The molecule has 0 aliphatic heterocycles. The van der Waals surface area contributed by atoms with Crippen LogP contribution in [0, 0.1) is 0 Å². The minimum absolute atomic E-state index is 0.196. The number of halogens is 2. The van der Waals surface area contributed by atoms with E-state index in [1.165, 1.54) is 7.11 Å². The average molecular weight is 318 g/mol. The van der Waals surface area contributed by atoms with E-state index in [0.717, 1.165) is 17.5 Å². The molecule has 0 saturated heterocycles. The number of ether oxygens (including phenoxy) is 1. The monoisotopic (exact) mass is 318 g/mol. The van der Waals surface area contributed by atoms with Crippen LogP contribution < -0.4 is 0 Å². The number of methoxy groups -OCH3 is 1. The van der Waals surface area contributed by atoms with Crippen LogP contribution in [0.4, 0.5) is 8.78 Å². The van der Waals surface area contributed by atoms with Crippen molar-refractivity contribution in [2.75, 3.05) is 13.7 Å². The highest BCUT2D eigenvalue weighted by Crippen LogP contribution is 2.41. The van der Waals surface area contributed by atoms with Gasteiger partial charge in [0, 0.05) is 18.9 Å². The fourth-order valence-corrected chi connectivity index (χ4v) is 3.23. The van der Waals surface area contributed by atoms with Gasteiger partial charge < -0.3 is 4.74 Å². The predicted octanol–water partition coefficient (Wildman–Crippen LogP) is 5.44. The Morgan fingerprint density at radius 1 is 0.826 bits per heavy atom. The zero-order chi connectivity index (χ0) is 16.8. The first-order valence-electron chi connectivity index (χ1n) is 8.02. The maximum absolute atomic E-state index is 14.0. The van der Waals surface area contributed by atoms with Gasteiger partial charge in [0.1, 0.15) is 6.61 Å². The normalized spacial score (nSPS) is 12.3. The van der Waals surface area contributed by atoms with E-state index in [9.17, 15) is 8.78 Å². The first-order valence-corrected chi connectivity index (χ1v) is 8.02. The Labute approximate surface area is 137 Å². The molecule has 0 saturated carbocycles. The topological polar surface area (TPSA) is 9.23 Å². The van der Waals surface area contributed by atoms with Gasteiger partial charge in [-0.05, 0) is 24.0 Å². The smallest absolute Gasteiger partial charge is 0.271 e. The van der Waals surface area contributed by atoms with Gasteiger partial charge in [-0.25, -0.2) is 8.78 Å². The van der Waals surface area contributed by atoms with Crippen molar-refractivity contribution >= 4 is 0 Å². The Morgan fingerprint density at radius 2 is 1.30 bits per heavy atom. The summed E-state index contributed by atoms with van der Waals surface area (Å²) >= 11 is 0. The summed E-state index contributed by atoms with van der Waals surface area (Å²) in [6.45, 7) is 1.53. The van der Waals surface area contributed by atoms with Crippen molar-refractivity contribution in [1.82, 2.24) is 0 Å². The van der Waals surface area contributed by atoms with Crippen molar-refractivity contribution < 1.29 is 13.5 Å². The predicted molar refractivity (Wildman–Crippen MR) is 90.0 cm³/mol. The molecule has 0 fully saturated rings. The van der Waals surface area contributed by atoms with Crippen LogP contribution in [0.5, 0.6) is 0 Å². The molecular weight excluding hydrogens is 294 g/mol. The van der Waals surface area contributed by atoms with Crippen molar-refractivity contribution in [3.05, 3.63) is 71.8 Å². The van der Waals surface area contributed by atoms with Crippen LogP contribution >= 0.6 is 0 Å². The van der Waals surface area contributed by atoms with Crippen molar-refractivity contribution in [3.8, 4) is 0 Å². The lowest BCUT2D eigenvalue weighted by Crippen LogP contribution is -2.32. The van der Waals surface area contributed by atoms with Crippen LogP contribution in [-0.2, 0) is 10.2 Å². The van der Waals surface area contributed by atoms with Crippen LogP contribution in [-0.4, -0.2) is 19.6 Å². The molecule has 0 aromatic heterocycles. The summed E-state index contributed by atoms with van der Waals surface area (Å²) in [7, 11) is 1.31. The van der Waals surface area contributed by atoms with E-state index in [0.29, 0.717) is 6.42 Å². The standard InChI is InChI=1S/C20H24F2O/c1-3-19(17-10-6-4-7-11-17,18-12-8-5-9-13-18)14-15-20(21,22)16-23-2/h4-13H,3,14-16H2,1-2H3. The van der Waals surface area contributed by atoms with Gasteiger partial charge in [0.15, 0.2) is 0 Å². The van der Waals surface area contributed by atoms with E-state index in [-0.39, 0.29) is 6.42 Å². The van der Waals surface area contributed by atoms with Crippen LogP contribution in [0.25, 0.3) is 0 Å². The van der Waals surface area contributed by atoms with Crippen molar-refractivity contribution in [2.45, 2.75) is 37.5 Å². The molecule has 0 spiro atoms. The van der Waals surface area contributed by atoms with Crippen molar-refractivity contribution in [2.24, 2.45) is 0 Å². The fraction of sp³-hybridized carbons (Fsp3) is 0.400. The van der Waals surface area contributed by atoms with Crippen LogP contribution in [0.3, 0.4) is 0 Å². The van der Waals surface area contributed by atoms with Crippen LogP contribution in [0.2, 0.25) is 0 Å². The number of hydrogen-bond acceptors (Lipinski definition) is 1. The molecule has 0 heterocycles. The van der Waals surface area contributed by atoms with Gasteiger partial charge in [0.2, 0.25) is 0 Å². The largest absolute Gasteiger partial charge is 0.378 e. The van der Waals surface area contributed by atoms with Gasteiger partial charge in [0.25, 0.3) is 5.92 Å². The third-order valence-electron chi connectivity index (χ3n) is 4.53. The number of alkyl halides is 2. The molecule has 124 valence electrons. The van der Waals surface area contributed by atoms with E-state index in [4.69, 9.17) is 0 Å². The van der Waals surface area contributed by atoms with E-state index in [2.05, 4.69) is 11.7 Å². The highest BCUT2D eigenvalue weighted by atomic mass is 19.3. The molecule has 0 aliphatic carbocycles. The first kappa shape index (κ1) is 17.6. The van der Waals surface area contributed by atoms with Crippen molar-refractivity contribution in [3.63, 3.8) is 0 Å². The Morgan fingerprint density at radius 3 is 1.70 bits per heavy atom. The summed E-state index contributed by atoms with van der Waals surface area (Å²) in [5.74, 6) is -2.81. The van der Waals surface area contributed by atoms with E-state index >= 15 is 0 Å². The molecule has 2 rings (SSSR count). The summed E-state index contributed by atoms with van der Waals surface area (Å²) in [5.41, 5.74) is 1.77. The minimum atomic E-state index is -2.81. The number of rotatable bonds is 8. The molecule has 3 heteroatoms. The molecule has 0 aliphatic rings. The summed E-state index contributed by atoms with van der Waals surface area (Å²) in [4.78, 5) is 0. The average Bonchev–Trinajstić information content (AvgIpc) is 2.58. The summed E-state index contributed by atoms with van der Waals surface area (Å²) in [6, 6.07) is 19.9. The number of hydrogen-bond donors (Lipinski definition) is 0. The summed E-state index contributed by atoms with van der Waals surface area (Å²) in [6.07, 6.45) is 0.955. The zero-order valence-corrected chi connectivity index (χ0v) is 13.8. The molecule has 2 aromatic rings. The molecule has 0 N–H and O–H groups in total. The molecule has 0 amide bonds. The summed E-state index contributed by atoms with van der Waals surface area (Å²) in [5, 5.41) is 0. The lowest BCUT2D eigenvalue weighted by Gasteiger charge is -2.35. The van der Waals surface area contributed by atoms with Crippen LogP contribution in [0.15, 0.2) is 60.7 Å². The SMILES string of the molecule is CCC(CCC(F)(F)COC)(c1ccccc1)c1ccccc1. The quantitative estimate of drug-likeness (QED) is 0.629. The zero-order valence-electron chi connectivity index (χ0n) is 13.8. The van der Waals surface area contributed by atoms with Gasteiger partial charge in [0.05, 0.1) is 0 Å². The van der Waals surface area contributed by atoms with Gasteiger partial charge in [-0.3, -0.25) is 0 Å². The lowest BCUT2D eigenvalue weighted by atomic mass is 9.69. The Balaban J connectivity index is 2.39. The maximum atomic E-state index is 14.0. The van der Waals surface area contributed by atoms with E-state index in [1.807, 2.05) is 60.7 Å². The summed E-state index contributed by atoms with van der Waals surface area (Å²) < 4.78 is 32.7. The molecule has 1 nitrogen and oxygen atoms in total. The maximum Gasteiger partial charge on any atom is 0.271 e. The lowest BCUT2D eigenvalue weighted by molar-refractivity contribution is -0.0736. The van der Waals surface area contributed by atoms with Gasteiger partial charge in [-0.15, -0.1) is 0 Å². The molecule has 2 aromatic carbocycles. The second kappa shape index (κ2) is 7.69.